The number of carbonyl (C=O) groups excluding carboxylic acids is 1. The van der Waals surface area contributed by atoms with Crippen molar-refractivity contribution in [1.29, 1.82) is 0 Å². The van der Waals surface area contributed by atoms with Gasteiger partial charge in [0.25, 0.3) is 0 Å². The number of allylic oxidation sites excluding steroid dienone is 1. The number of Topliss-reactive ketones (excluding diaryl/α,β-unsaturated/α-hetero) is 1. The molecule has 0 radical (unpaired) electrons. The van der Waals surface area contributed by atoms with Gasteiger partial charge in [-0.15, -0.1) is 0 Å². The summed E-state index contributed by atoms with van der Waals surface area (Å²) in [5.41, 5.74) is 5.72. The average molecular weight is 248 g/mol. The van der Waals surface area contributed by atoms with Gasteiger partial charge in [-0.25, -0.2) is 0 Å². The highest BCUT2D eigenvalue weighted by Crippen LogP contribution is 2.24. The van der Waals surface area contributed by atoms with E-state index in [0.717, 1.165) is 17.6 Å². The van der Waals surface area contributed by atoms with Crippen molar-refractivity contribution in [1.82, 2.24) is 0 Å². The van der Waals surface area contributed by atoms with Crippen LogP contribution in [0.25, 0.3) is 6.08 Å². The molecule has 0 amide bonds. The number of benzene rings is 2. The Bertz CT molecular complexity index is 648. The van der Waals surface area contributed by atoms with Crippen LogP contribution in [0.2, 0.25) is 0 Å². The largest absolute Gasteiger partial charge is 0.294 e. The summed E-state index contributed by atoms with van der Waals surface area (Å²) in [6, 6.07) is 16.5. The van der Waals surface area contributed by atoms with Gasteiger partial charge in [0.05, 0.1) is 0 Å². The fourth-order valence-corrected chi connectivity index (χ4v) is 2.49. The van der Waals surface area contributed by atoms with Crippen LogP contribution in [-0.2, 0) is 17.6 Å². The molecule has 0 aliphatic heterocycles. The van der Waals surface area contributed by atoms with Gasteiger partial charge < -0.3 is 0 Å². The van der Waals surface area contributed by atoms with Crippen LogP contribution in [0.15, 0.2) is 54.1 Å². The van der Waals surface area contributed by atoms with Crippen LogP contribution in [-0.4, -0.2) is 5.78 Å². The predicted octanol–water partition coefficient (Wildman–Crippen LogP) is 3.75. The molecule has 2 aromatic rings. The molecule has 0 aromatic heterocycles. The van der Waals surface area contributed by atoms with E-state index < -0.39 is 0 Å². The minimum absolute atomic E-state index is 0.249. The Morgan fingerprint density at radius 1 is 0.895 bits per heavy atom. The van der Waals surface area contributed by atoms with Crippen molar-refractivity contribution in [2.24, 2.45) is 0 Å². The molecule has 1 aliphatic rings. The maximum absolute atomic E-state index is 12.2. The van der Waals surface area contributed by atoms with E-state index in [0.29, 0.717) is 6.42 Å². The predicted molar refractivity (Wildman–Crippen MR) is 78.0 cm³/mol. The summed E-state index contributed by atoms with van der Waals surface area (Å²) in [5, 5.41) is 0. The summed E-state index contributed by atoms with van der Waals surface area (Å²) in [5.74, 6) is 0.249. The summed E-state index contributed by atoms with van der Waals surface area (Å²) in [7, 11) is 0. The number of carbonyl (C=O) groups is 1. The third-order valence-corrected chi connectivity index (χ3v) is 3.63. The molecule has 94 valence electrons. The molecular weight excluding hydrogens is 232 g/mol. The first-order valence-electron chi connectivity index (χ1n) is 6.59. The third kappa shape index (κ3) is 2.50. The van der Waals surface area contributed by atoms with Crippen LogP contribution in [0.3, 0.4) is 0 Å². The normalized spacial score (nSPS) is 16.5. The molecule has 0 bridgehead atoms. The molecule has 0 spiro atoms. The molecule has 1 nitrogen and oxygen atoms in total. The van der Waals surface area contributed by atoms with E-state index in [4.69, 9.17) is 0 Å². The van der Waals surface area contributed by atoms with Crippen molar-refractivity contribution in [3.05, 3.63) is 76.4 Å². The maximum atomic E-state index is 12.2. The van der Waals surface area contributed by atoms with E-state index in [1.807, 2.05) is 18.2 Å². The Morgan fingerprint density at radius 3 is 2.21 bits per heavy atom. The van der Waals surface area contributed by atoms with Crippen molar-refractivity contribution in [3.63, 3.8) is 0 Å². The Hall–Kier alpha value is -2.15. The summed E-state index contributed by atoms with van der Waals surface area (Å²) >= 11 is 0. The molecule has 3 rings (SSSR count). The topological polar surface area (TPSA) is 17.1 Å². The number of fused-ring (bicyclic) bond motifs is 1. The van der Waals surface area contributed by atoms with Crippen molar-refractivity contribution >= 4 is 11.9 Å². The SMILES string of the molecule is Cc1ccc(/C=C2\Cc3ccccc3CC2=O)cc1. The molecule has 0 N–H and O–H groups in total. The van der Waals surface area contributed by atoms with Crippen LogP contribution < -0.4 is 0 Å². The second kappa shape index (κ2) is 4.85. The Balaban J connectivity index is 1.94. The van der Waals surface area contributed by atoms with Gasteiger partial charge in [-0.2, -0.15) is 0 Å². The molecule has 0 saturated carbocycles. The summed E-state index contributed by atoms with van der Waals surface area (Å²) in [4.78, 5) is 12.2. The lowest BCUT2D eigenvalue weighted by Crippen LogP contribution is -2.16. The number of hydrogen-bond donors (Lipinski definition) is 0. The van der Waals surface area contributed by atoms with Gasteiger partial charge in [0.15, 0.2) is 5.78 Å². The summed E-state index contributed by atoms with van der Waals surface area (Å²) in [6.45, 7) is 2.07. The monoisotopic (exact) mass is 248 g/mol. The van der Waals surface area contributed by atoms with Gasteiger partial charge in [-0.3, -0.25) is 4.79 Å². The van der Waals surface area contributed by atoms with Crippen molar-refractivity contribution in [2.45, 2.75) is 19.8 Å². The maximum Gasteiger partial charge on any atom is 0.163 e. The number of aryl methyl sites for hydroxylation is 1. The molecule has 1 heteroatoms. The minimum atomic E-state index is 0.249. The molecule has 1 aliphatic carbocycles. The van der Waals surface area contributed by atoms with Gasteiger partial charge in [-0.1, -0.05) is 54.1 Å². The quantitative estimate of drug-likeness (QED) is 0.702. The first kappa shape index (κ1) is 11.9. The first-order valence-corrected chi connectivity index (χ1v) is 6.59. The molecule has 0 atom stereocenters. The average Bonchev–Trinajstić information content (AvgIpc) is 2.42. The first-order chi connectivity index (χ1) is 9.22. The van der Waals surface area contributed by atoms with Crippen molar-refractivity contribution < 1.29 is 4.79 Å². The van der Waals surface area contributed by atoms with Crippen molar-refractivity contribution in [2.75, 3.05) is 0 Å². The highest BCUT2D eigenvalue weighted by atomic mass is 16.1. The molecule has 0 saturated heterocycles. The zero-order chi connectivity index (χ0) is 13.2. The lowest BCUT2D eigenvalue weighted by atomic mass is 9.86. The molecule has 19 heavy (non-hydrogen) atoms. The summed E-state index contributed by atoms with van der Waals surface area (Å²) in [6.07, 6.45) is 3.31. The zero-order valence-corrected chi connectivity index (χ0v) is 11.0. The fraction of sp³-hybridized carbons (Fsp3) is 0.167. The highest BCUT2D eigenvalue weighted by molar-refractivity contribution is 6.02. The standard InChI is InChI=1S/C18H16O/c1-13-6-8-14(9-7-13)10-17-11-15-4-2-3-5-16(15)12-18(17)19/h2-10H,11-12H2,1H3/b17-10+. The van der Waals surface area contributed by atoms with Gasteiger partial charge in [0.2, 0.25) is 0 Å². The zero-order valence-electron chi connectivity index (χ0n) is 11.0. The van der Waals surface area contributed by atoms with E-state index in [1.165, 1.54) is 16.7 Å². The molecule has 0 unspecified atom stereocenters. The number of rotatable bonds is 1. The van der Waals surface area contributed by atoms with Crippen LogP contribution in [0.1, 0.15) is 22.3 Å². The van der Waals surface area contributed by atoms with Gasteiger partial charge in [0.1, 0.15) is 0 Å². The third-order valence-electron chi connectivity index (χ3n) is 3.63. The van der Waals surface area contributed by atoms with Crippen LogP contribution in [0.5, 0.6) is 0 Å². The Labute approximate surface area is 113 Å². The van der Waals surface area contributed by atoms with Gasteiger partial charge in [0, 0.05) is 18.4 Å². The molecule has 0 heterocycles. The highest BCUT2D eigenvalue weighted by Gasteiger charge is 2.19. The lowest BCUT2D eigenvalue weighted by molar-refractivity contribution is -0.115. The lowest BCUT2D eigenvalue weighted by Gasteiger charge is -2.17. The molecular formula is C18H16O. The van der Waals surface area contributed by atoms with Gasteiger partial charge in [-0.05, 0) is 29.7 Å². The van der Waals surface area contributed by atoms with Crippen LogP contribution in [0.4, 0.5) is 0 Å². The second-order valence-corrected chi connectivity index (χ2v) is 5.13. The van der Waals surface area contributed by atoms with E-state index in [1.54, 1.807) is 0 Å². The van der Waals surface area contributed by atoms with Crippen LogP contribution in [0, 0.1) is 6.92 Å². The van der Waals surface area contributed by atoms with E-state index in [2.05, 4.69) is 43.3 Å². The second-order valence-electron chi connectivity index (χ2n) is 5.13. The summed E-state index contributed by atoms with van der Waals surface area (Å²) < 4.78 is 0. The Morgan fingerprint density at radius 2 is 1.53 bits per heavy atom. The Kier molecular flexibility index (Phi) is 3.04. The van der Waals surface area contributed by atoms with Gasteiger partial charge >= 0.3 is 0 Å². The molecule has 0 fully saturated rings. The number of ketones is 1. The fourth-order valence-electron chi connectivity index (χ4n) is 2.49. The van der Waals surface area contributed by atoms with Crippen LogP contribution >= 0.6 is 0 Å². The van der Waals surface area contributed by atoms with E-state index >= 15 is 0 Å². The molecule has 2 aromatic carbocycles. The minimum Gasteiger partial charge on any atom is -0.294 e. The van der Waals surface area contributed by atoms with Crippen molar-refractivity contribution in [3.8, 4) is 0 Å². The van der Waals surface area contributed by atoms with E-state index in [9.17, 15) is 4.79 Å². The smallest absolute Gasteiger partial charge is 0.163 e. The van der Waals surface area contributed by atoms with E-state index in [-0.39, 0.29) is 5.78 Å². The number of hydrogen-bond acceptors (Lipinski definition) is 1.